The molecule has 2 aromatic carbocycles. The van der Waals surface area contributed by atoms with Crippen LogP contribution in [-0.4, -0.2) is 39.2 Å². The zero-order valence-corrected chi connectivity index (χ0v) is 16.7. The zero-order valence-electron chi connectivity index (χ0n) is 16.7. The normalized spacial score (nSPS) is 11.1. The number of benzene rings is 2. The highest BCUT2D eigenvalue weighted by atomic mass is 16.3. The molecule has 0 unspecified atom stereocenters. The number of amides is 1. The van der Waals surface area contributed by atoms with Gasteiger partial charge in [0.2, 0.25) is 0 Å². The molecular formula is C23H24N4O2. The molecule has 0 aliphatic heterocycles. The van der Waals surface area contributed by atoms with E-state index in [1.165, 1.54) is 5.56 Å². The van der Waals surface area contributed by atoms with E-state index in [0.717, 1.165) is 30.3 Å². The van der Waals surface area contributed by atoms with Crippen molar-refractivity contribution in [2.24, 2.45) is 7.05 Å². The average Bonchev–Trinajstić information content (AvgIpc) is 3.35. The Labute approximate surface area is 169 Å². The van der Waals surface area contributed by atoms with Gasteiger partial charge in [-0.15, -0.1) is 0 Å². The lowest BCUT2D eigenvalue weighted by molar-refractivity contribution is 0.0797. The Morgan fingerprint density at radius 1 is 1.07 bits per heavy atom. The Bertz CT molecular complexity index is 1110. The highest BCUT2D eigenvalue weighted by Gasteiger charge is 2.15. The molecule has 0 spiro atoms. The molecule has 0 N–H and O–H groups in total. The summed E-state index contributed by atoms with van der Waals surface area (Å²) in [4.78, 5) is 19.1. The van der Waals surface area contributed by atoms with Crippen molar-refractivity contribution in [1.82, 2.24) is 19.7 Å². The fourth-order valence-electron chi connectivity index (χ4n) is 3.33. The fraction of sp³-hybridized carbons (Fsp3) is 0.261. The van der Waals surface area contributed by atoms with E-state index in [2.05, 4.69) is 22.2 Å². The van der Waals surface area contributed by atoms with Gasteiger partial charge in [0.15, 0.2) is 11.5 Å². The van der Waals surface area contributed by atoms with E-state index in [0.29, 0.717) is 23.6 Å². The summed E-state index contributed by atoms with van der Waals surface area (Å²) < 4.78 is 7.62. The Kier molecular flexibility index (Phi) is 5.42. The number of oxazole rings is 1. The second-order valence-corrected chi connectivity index (χ2v) is 7.27. The average molecular weight is 388 g/mol. The van der Waals surface area contributed by atoms with Crippen molar-refractivity contribution in [3.05, 3.63) is 83.5 Å². The summed E-state index contributed by atoms with van der Waals surface area (Å²) in [6.45, 7) is 0.629. The Balaban J connectivity index is 1.41. The molecular weight excluding hydrogens is 364 g/mol. The number of likely N-dealkylation sites (N-methyl/N-ethyl adjacent to an activating group) is 1. The number of aryl methyl sites for hydroxylation is 3. The SMILES string of the molecule is CN(CCc1cnn(C)c1)C(=O)c1ccc2oc(CCc3ccccc3)nc2c1. The monoisotopic (exact) mass is 388 g/mol. The first-order chi connectivity index (χ1) is 14.1. The van der Waals surface area contributed by atoms with Crippen molar-refractivity contribution < 1.29 is 9.21 Å². The van der Waals surface area contributed by atoms with Crippen LogP contribution in [0.4, 0.5) is 0 Å². The molecule has 2 heterocycles. The molecule has 0 saturated heterocycles. The van der Waals surface area contributed by atoms with Crippen LogP contribution in [0, 0.1) is 0 Å². The first-order valence-electron chi connectivity index (χ1n) is 9.75. The molecule has 0 radical (unpaired) electrons. The van der Waals surface area contributed by atoms with Crippen molar-refractivity contribution in [2.45, 2.75) is 19.3 Å². The summed E-state index contributed by atoms with van der Waals surface area (Å²) >= 11 is 0. The molecule has 1 amide bonds. The van der Waals surface area contributed by atoms with E-state index >= 15 is 0 Å². The lowest BCUT2D eigenvalue weighted by atomic mass is 10.1. The standard InChI is InChI=1S/C23H24N4O2/c1-26(13-12-18-15-24-27(2)16-18)23(28)19-9-10-21-20(14-19)25-22(29-21)11-8-17-6-4-3-5-7-17/h3-7,9-10,14-16H,8,11-13H2,1-2H3. The maximum atomic E-state index is 12.8. The molecule has 0 bridgehead atoms. The largest absolute Gasteiger partial charge is 0.441 e. The summed E-state index contributed by atoms with van der Waals surface area (Å²) in [6, 6.07) is 15.7. The molecule has 4 aromatic rings. The number of carbonyl (C=O) groups is 1. The van der Waals surface area contributed by atoms with E-state index in [1.807, 2.05) is 56.8 Å². The quantitative estimate of drug-likeness (QED) is 0.485. The predicted octanol–water partition coefficient (Wildman–Crippen LogP) is 3.66. The molecule has 4 rings (SSSR count). The lowest BCUT2D eigenvalue weighted by Gasteiger charge is -2.16. The third-order valence-electron chi connectivity index (χ3n) is 4.99. The molecule has 0 atom stereocenters. The van der Waals surface area contributed by atoms with Crippen molar-refractivity contribution >= 4 is 17.0 Å². The van der Waals surface area contributed by atoms with E-state index in [1.54, 1.807) is 15.6 Å². The van der Waals surface area contributed by atoms with Crippen molar-refractivity contribution in [2.75, 3.05) is 13.6 Å². The van der Waals surface area contributed by atoms with E-state index in [-0.39, 0.29) is 5.91 Å². The highest BCUT2D eigenvalue weighted by Crippen LogP contribution is 2.19. The Morgan fingerprint density at radius 3 is 2.66 bits per heavy atom. The third kappa shape index (κ3) is 4.54. The van der Waals surface area contributed by atoms with Crippen molar-refractivity contribution in [1.29, 1.82) is 0 Å². The number of hydrogen-bond donors (Lipinski definition) is 0. The second kappa shape index (κ2) is 8.31. The summed E-state index contributed by atoms with van der Waals surface area (Å²) in [5, 5.41) is 4.16. The zero-order chi connectivity index (χ0) is 20.2. The van der Waals surface area contributed by atoms with Crippen molar-refractivity contribution in [3.63, 3.8) is 0 Å². The minimum Gasteiger partial charge on any atom is -0.441 e. The van der Waals surface area contributed by atoms with Gasteiger partial charge < -0.3 is 9.32 Å². The van der Waals surface area contributed by atoms with Crippen LogP contribution in [0.2, 0.25) is 0 Å². The molecule has 0 aliphatic rings. The van der Waals surface area contributed by atoms with Gasteiger partial charge in [0.1, 0.15) is 5.52 Å². The molecule has 148 valence electrons. The van der Waals surface area contributed by atoms with Crippen LogP contribution in [0.25, 0.3) is 11.1 Å². The van der Waals surface area contributed by atoms with Crippen LogP contribution < -0.4 is 0 Å². The fourth-order valence-corrected chi connectivity index (χ4v) is 3.33. The van der Waals surface area contributed by atoms with Crippen LogP contribution in [0.15, 0.2) is 65.3 Å². The third-order valence-corrected chi connectivity index (χ3v) is 4.99. The highest BCUT2D eigenvalue weighted by molar-refractivity contribution is 5.97. The maximum absolute atomic E-state index is 12.8. The van der Waals surface area contributed by atoms with Gasteiger partial charge in [-0.3, -0.25) is 9.48 Å². The van der Waals surface area contributed by atoms with Gasteiger partial charge in [-0.05, 0) is 42.2 Å². The minimum atomic E-state index is -0.0235. The smallest absolute Gasteiger partial charge is 0.253 e. The Hall–Kier alpha value is -3.41. The van der Waals surface area contributed by atoms with Gasteiger partial charge >= 0.3 is 0 Å². The van der Waals surface area contributed by atoms with Gasteiger partial charge in [0.05, 0.1) is 6.20 Å². The lowest BCUT2D eigenvalue weighted by Crippen LogP contribution is -2.28. The first kappa shape index (κ1) is 18.9. The molecule has 0 fully saturated rings. The molecule has 6 heteroatoms. The first-order valence-corrected chi connectivity index (χ1v) is 9.75. The van der Waals surface area contributed by atoms with E-state index < -0.39 is 0 Å². The summed E-state index contributed by atoms with van der Waals surface area (Å²) in [5.74, 6) is 0.669. The van der Waals surface area contributed by atoms with Gasteiger partial charge in [0.25, 0.3) is 5.91 Å². The molecule has 0 saturated carbocycles. The second-order valence-electron chi connectivity index (χ2n) is 7.27. The minimum absolute atomic E-state index is 0.0235. The summed E-state index contributed by atoms with van der Waals surface area (Å²) in [7, 11) is 3.70. The molecule has 2 aromatic heterocycles. The number of carbonyl (C=O) groups excluding carboxylic acids is 1. The van der Waals surface area contributed by atoms with Crippen LogP contribution in [0.5, 0.6) is 0 Å². The van der Waals surface area contributed by atoms with Crippen LogP contribution in [0.3, 0.4) is 0 Å². The summed E-state index contributed by atoms with van der Waals surface area (Å²) in [6.07, 6.45) is 6.17. The molecule has 0 aliphatic carbocycles. The number of nitrogens with zero attached hydrogens (tertiary/aromatic N) is 4. The topological polar surface area (TPSA) is 64.2 Å². The number of rotatable bonds is 7. The number of fused-ring (bicyclic) bond motifs is 1. The van der Waals surface area contributed by atoms with Gasteiger partial charge in [-0.25, -0.2) is 4.98 Å². The summed E-state index contributed by atoms with van der Waals surface area (Å²) in [5.41, 5.74) is 4.42. The molecule has 6 nitrogen and oxygen atoms in total. The van der Waals surface area contributed by atoms with Crippen molar-refractivity contribution in [3.8, 4) is 0 Å². The number of hydrogen-bond acceptors (Lipinski definition) is 4. The van der Waals surface area contributed by atoms with Crippen LogP contribution >= 0.6 is 0 Å². The van der Waals surface area contributed by atoms with E-state index in [4.69, 9.17) is 4.42 Å². The van der Waals surface area contributed by atoms with Crippen LogP contribution in [0.1, 0.15) is 27.4 Å². The van der Waals surface area contributed by atoms with Crippen LogP contribution in [-0.2, 0) is 26.3 Å². The predicted molar refractivity (Wildman–Crippen MR) is 112 cm³/mol. The Morgan fingerprint density at radius 2 is 1.90 bits per heavy atom. The van der Waals surface area contributed by atoms with E-state index in [9.17, 15) is 4.79 Å². The maximum Gasteiger partial charge on any atom is 0.253 e. The van der Waals surface area contributed by atoms with Gasteiger partial charge in [-0.2, -0.15) is 5.10 Å². The molecule has 29 heavy (non-hydrogen) atoms. The van der Waals surface area contributed by atoms with Gasteiger partial charge in [-0.1, -0.05) is 30.3 Å². The van der Waals surface area contributed by atoms with Gasteiger partial charge in [0, 0.05) is 38.8 Å². The number of aromatic nitrogens is 3.